The molecule has 0 atom stereocenters. The van der Waals surface area contributed by atoms with Crippen LogP contribution in [-0.4, -0.2) is 9.97 Å². The summed E-state index contributed by atoms with van der Waals surface area (Å²) in [5.74, 6) is 0. The Hall–Kier alpha value is -2.69. The Bertz CT molecular complexity index is 1020. The van der Waals surface area contributed by atoms with Gasteiger partial charge >= 0.3 is 6.18 Å². The number of benzene rings is 2. The van der Waals surface area contributed by atoms with Gasteiger partial charge in [-0.2, -0.15) is 13.2 Å². The minimum Gasteiger partial charge on any atom is -0.255 e. The van der Waals surface area contributed by atoms with E-state index in [1.807, 2.05) is 24.3 Å². The van der Waals surface area contributed by atoms with Gasteiger partial charge in [-0.15, -0.1) is 0 Å². The molecule has 0 unspecified atom stereocenters. The molecule has 0 spiro atoms. The molecule has 0 aliphatic rings. The van der Waals surface area contributed by atoms with E-state index < -0.39 is 11.7 Å². The van der Waals surface area contributed by atoms with Crippen LogP contribution in [0.4, 0.5) is 13.2 Å². The lowest BCUT2D eigenvalue weighted by Gasteiger charge is -2.09. The highest BCUT2D eigenvalue weighted by Crippen LogP contribution is 2.32. The first-order chi connectivity index (χ1) is 10.5. The summed E-state index contributed by atoms with van der Waals surface area (Å²) >= 11 is 0. The highest BCUT2D eigenvalue weighted by molar-refractivity contribution is 6.06. The predicted octanol–water partition coefficient (Wildman–Crippen LogP) is 4.96. The first kappa shape index (κ1) is 13.0. The summed E-state index contributed by atoms with van der Waals surface area (Å²) in [7, 11) is 0. The van der Waals surface area contributed by atoms with E-state index in [-0.39, 0.29) is 0 Å². The minimum absolute atomic E-state index is 0.458. The van der Waals surface area contributed by atoms with Gasteiger partial charge in [-0.25, -0.2) is 4.98 Å². The molecule has 22 heavy (non-hydrogen) atoms. The monoisotopic (exact) mass is 298 g/mol. The van der Waals surface area contributed by atoms with Crippen LogP contribution in [0.1, 0.15) is 5.56 Å². The van der Waals surface area contributed by atoms with Crippen molar-refractivity contribution in [1.29, 1.82) is 0 Å². The highest BCUT2D eigenvalue weighted by Gasteiger charge is 2.30. The first-order valence-electron chi connectivity index (χ1n) is 6.68. The Labute approximate surface area is 123 Å². The molecule has 108 valence electrons. The average Bonchev–Trinajstić information content (AvgIpc) is 2.51. The van der Waals surface area contributed by atoms with Gasteiger partial charge in [0.05, 0.1) is 22.1 Å². The number of aromatic nitrogens is 2. The quantitative estimate of drug-likeness (QED) is 0.339. The van der Waals surface area contributed by atoms with Crippen LogP contribution in [0.15, 0.2) is 54.7 Å². The van der Waals surface area contributed by atoms with Gasteiger partial charge in [0.25, 0.3) is 0 Å². The van der Waals surface area contributed by atoms with Crippen molar-refractivity contribution in [2.45, 2.75) is 6.18 Å². The van der Waals surface area contributed by atoms with Crippen molar-refractivity contribution in [1.82, 2.24) is 9.97 Å². The number of rotatable bonds is 0. The Balaban J connectivity index is 2.07. The maximum absolute atomic E-state index is 12.8. The second-order valence-corrected chi connectivity index (χ2v) is 5.11. The normalized spacial score (nSPS) is 12.3. The zero-order valence-corrected chi connectivity index (χ0v) is 11.2. The van der Waals surface area contributed by atoms with Gasteiger partial charge < -0.3 is 0 Å². The summed E-state index contributed by atoms with van der Waals surface area (Å²) < 4.78 is 38.4. The van der Waals surface area contributed by atoms with Crippen LogP contribution in [0.25, 0.3) is 32.7 Å². The fourth-order valence-corrected chi connectivity index (χ4v) is 2.61. The van der Waals surface area contributed by atoms with Crippen molar-refractivity contribution in [2.75, 3.05) is 0 Å². The molecule has 0 saturated heterocycles. The summed E-state index contributed by atoms with van der Waals surface area (Å²) in [6.45, 7) is 0. The molecule has 0 amide bonds. The number of alkyl halides is 3. The number of para-hydroxylation sites is 1. The number of fused-ring (bicyclic) bond motifs is 4. The molecule has 2 aromatic heterocycles. The summed E-state index contributed by atoms with van der Waals surface area (Å²) in [5, 5.41) is 2.08. The molecule has 0 saturated carbocycles. The zero-order chi connectivity index (χ0) is 15.3. The van der Waals surface area contributed by atoms with Crippen LogP contribution >= 0.6 is 0 Å². The smallest absolute Gasteiger partial charge is 0.255 e. The highest BCUT2D eigenvalue weighted by atomic mass is 19.4. The van der Waals surface area contributed by atoms with Crippen LogP contribution in [0.2, 0.25) is 0 Å². The fraction of sp³-hybridized carbons (Fsp3) is 0.0588. The van der Waals surface area contributed by atoms with E-state index in [1.165, 1.54) is 6.07 Å². The zero-order valence-electron chi connectivity index (χ0n) is 11.2. The molecular weight excluding hydrogens is 289 g/mol. The molecule has 0 fully saturated rings. The largest absolute Gasteiger partial charge is 0.416 e. The molecule has 5 heteroatoms. The maximum Gasteiger partial charge on any atom is 0.416 e. The molecule has 2 nitrogen and oxygen atoms in total. The van der Waals surface area contributed by atoms with E-state index in [2.05, 4.69) is 9.97 Å². The first-order valence-corrected chi connectivity index (χ1v) is 6.68. The van der Waals surface area contributed by atoms with Crippen molar-refractivity contribution in [3.63, 3.8) is 0 Å². The lowest BCUT2D eigenvalue weighted by atomic mass is 10.1. The SMILES string of the molecule is FC(F)(F)c1ccc2nc3c(cnc4ccccc43)cc2c1. The second kappa shape index (κ2) is 4.40. The fourth-order valence-electron chi connectivity index (χ4n) is 2.61. The molecule has 2 aromatic carbocycles. The Morgan fingerprint density at radius 2 is 1.64 bits per heavy atom. The third-order valence-corrected chi connectivity index (χ3v) is 3.67. The van der Waals surface area contributed by atoms with Crippen molar-refractivity contribution in [3.8, 4) is 0 Å². The van der Waals surface area contributed by atoms with E-state index in [0.717, 1.165) is 33.9 Å². The van der Waals surface area contributed by atoms with Gasteiger partial charge in [-0.05, 0) is 30.3 Å². The number of pyridine rings is 2. The third kappa shape index (κ3) is 1.97. The maximum atomic E-state index is 12.8. The molecule has 0 aliphatic heterocycles. The third-order valence-electron chi connectivity index (χ3n) is 3.67. The van der Waals surface area contributed by atoms with Crippen LogP contribution < -0.4 is 0 Å². The standard InChI is InChI=1S/C17H9F3N2/c18-17(19,20)12-5-6-14-10(8-12)7-11-9-21-15-4-2-1-3-13(15)16(11)22-14/h1-9H. The van der Waals surface area contributed by atoms with Gasteiger partial charge in [0.15, 0.2) is 0 Å². The van der Waals surface area contributed by atoms with Crippen molar-refractivity contribution in [3.05, 3.63) is 60.3 Å². The van der Waals surface area contributed by atoms with Crippen LogP contribution in [0, 0.1) is 0 Å². The molecule has 4 aromatic rings. The van der Waals surface area contributed by atoms with Gasteiger partial charge in [0.2, 0.25) is 0 Å². The van der Waals surface area contributed by atoms with E-state index in [9.17, 15) is 13.2 Å². The molecule has 0 N–H and O–H groups in total. The van der Waals surface area contributed by atoms with Crippen LogP contribution in [0.3, 0.4) is 0 Å². The molecular formula is C17H9F3N2. The Morgan fingerprint density at radius 3 is 2.45 bits per heavy atom. The topological polar surface area (TPSA) is 25.8 Å². The van der Waals surface area contributed by atoms with Crippen LogP contribution in [-0.2, 0) is 6.18 Å². The minimum atomic E-state index is -4.36. The Morgan fingerprint density at radius 1 is 0.818 bits per heavy atom. The molecule has 0 aliphatic carbocycles. The predicted molar refractivity (Wildman–Crippen MR) is 79.6 cm³/mol. The van der Waals surface area contributed by atoms with E-state index in [1.54, 1.807) is 12.3 Å². The number of hydrogen-bond donors (Lipinski definition) is 0. The van der Waals surface area contributed by atoms with E-state index in [0.29, 0.717) is 10.9 Å². The van der Waals surface area contributed by atoms with Gasteiger partial charge in [-0.1, -0.05) is 18.2 Å². The lowest BCUT2D eigenvalue weighted by Crippen LogP contribution is -2.04. The number of hydrogen-bond acceptors (Lipinski definition) is 2. The molecule has 0 bridgehead atoms. The summed E-state index contributed by atoms with van der Waals surface area (Å²) in [6, 6.07) is 12.9. The number of halogens is 3. The number of nitrogens with zero attached hydrogens (tertiary/aromatic N) is 2. The van der Waals surface area contributed by atoms with Crippen molar-refractivity contribution in [2.24, 2.45) is 0 Å². The summed E-state index contributed by atoms with van der Waals surface area (Å²) in [6.07, 6.45) is -2.71. The second-order valence-electron chi connectivity index (χ2n) is 5.11. The van der Waals surface area contributed by atoms with Crippen molar-refractivity contribution < 1.29 is 13.2 Å². The summed E-state index contributed by atoms with van der Waals surface area (Å²) in [5.41, 5.74) is 1.43. The van der Waals surface area contributed by atoms with Gasteiger partial charge in [-0.3, -0.25) is 4.98 Å². The molecule has 4 rings (SSSR count). The molecule has 2 heterocycles. The summed E-state index contributed by atoms with van der Waals surface area (Å²) in [4.78, 5) is 8.85. The molecule has 0 radical (unpaired) electrons. The average molecular weight is 298 g/mol. The van der Waals surface area contributed by atoms with Crippen LogP contribution in [0.5, 0.6) is 0 Å². The Kier molecular flexibility index (Phi) is 2.60. The lowest BCUT2D eigenvalue weighted by molar-refractivity contribution is -0.137. The van der Waals surface area contributed by atoms with Gasteiger partial charge in [0.1, 0.15) is 0 Å². The van der Waals surface area contributed by atoms with Gasteiger partial charge in [0, 0.05) is 22.4 Å². The van der Waals surface area contributed by atoms with E-state index >= 15 is 0 Å². The van der Waals surface area contributed by atoms with E-state index in [4.69, 9.17) is 0 Å². The van der Waals surface area contributed by atoms with Crippen molar-refractivity contribution >= 4 is 32.7 Å².